The van der Waals surface area contributed by atoms with Crippen LogP contribution in [0.15, 0.2) is 89.7 Å². The van der Waals surface area contributed by atoms with Crippen molar-refractivity contribution in [1.29, 1.82) is 0 Å². The summed E-state index contributed by atoms with van der Waals surface area (Å²) in [6.07, 6.45) is 2.92. The maximum atomic E-state index is 15.3. The van der Waals surface area contributed by atoms with Crippen molar-refractivity contribution in [1.82, 2.24) is 34.7 Å². The zero-order valence-electron chi connectivity index (χ0n) is 33.9. The molecule has 1 aromatic heterocycles. The van der Waals surface area contributed by atoms with Gasteiger partial charge in [-0.1, -0.05) is 54.6 Å². The summed E-state index contributed by atoms with van der Waals surface area (Å²) in [4.78, 5) is 62.4. The minimum Gasteiger partial charge on any atom is -0.338 e. The first-order chi connectivity index (χ1) is 29.6. The maximum Gasteiger partial charge on any atom is 0.272 e. The standard InChI is InChI=1S/C47H48F3N7O4/c48-39-13-10-30(23-42-36-8-4-5-9-37(36)45(59)52-51-42)22-38(39)46(60)56-20-18-55(19-21-56)43(58)29-54-16-14-53(15-17-54)27-34-24-35-12-11-32(34)28-57(35)47(61)44-40(49)25-33(26-41(44)50)31-6-2-1-3-7-31/h1-10,13,22,25-26,32,34-35H,11-12,14-21,23-24,27-29H2,(H,52,59)/t32-,34+,35-/m1/s1. The van der Waals surface area contributed by atoms with Crippen LogP contribution in [0.2, 0.25) is 0 Å². The second kappa shape index (κ2) is 17.3. The normalized spacial score (nSPS) is 21.0. The highest BCUT2D eigenvalue weighted by atomic mass is 19.1. The molecule has 3 atom stereocenters. The fourth-order valence-corrected chi connectivity index (χ4v) is 9.85. The summed E-state index contributed by atoms with van der Waals surface area (Å²) < 4.78 is 45.7. The minimum atomic E-state index is -0.835. The highest BCUT2D eigenvalue weighted by Gasteiger charge is 2.44. The quantitative estimate of drug-likeness (QED) is 0.211. The largest absolute Gasteiger partial charge is 0.338 e. The predicted octanol–water partition coefficient (Wildman–Crippen LogP) is 5.44. The molecule has 10 rings (SSSR count). The molecule has 1 N–H and O–H groups in total. The van der Waals surface area contributed by atoms with Crippen LogP contribution in [0.4, 0.5) is 13.2 Å². The van der Waals surface area contributed by atoms with E-state index in [-0.39, 0.29) is 35.5 Å². The van der Waals surface area contributed by atoms with Crippen LogP contribution < -0.4 is 5.56 Å². The molecular weight excluding hydrogens is 784 g/mol. The van der Waals surface area contributed by atoms with E-state index in [0.29, 0.717) is 78.2 Å². The summed E-state index contributed by atoms with van der Waals surface area (Å²) >= 11 is 0. The van der Waals surface area contributed by atoms with Gasteiger partial charge in [0, 0.05) is 83.3 Å². The summed E-state index contributed by atoms with van der Waals surface area (Å²) in [5, 5.41) is 7.94. The van der Waals surface area contributed by atoms with Crippen LogP contribution >= 0.6 is 0 Å². The van der Waals surface area contributed by atoms with Crippen LogP contribution in [0.25, 0.3) is 21.9 Å². The summed E-state index contributed by atoms with van der Waals surface area (Å²) in [6, 6.07) is 23.0. The lowest BCUT2D eigenvalue weighted by Gasteiger charge is -2.51. The van der Waals surface area contributed by atoms with Gasteiger partial charge in [0.1, 0.15) is 23.0 Å². The fourth-order valence-electron chi connectivity index (χ4n) is 9.85. The lowest BCUT2D eigenvalue weighted by molar-refractivity contribution is -0.134. The lowest BCUT2D eigenvalue weighted by Crippen LogP contribution is -2.58. The molecular formula is C47H48F3N7O4. The van der Waals surface area contributed by atoms with Crippen LogP contribution in [0.5, 0.6) is 0 Å². The molecule has 11 nitrogen and oxygen atoms in total. The number of nitrogens with zero attached hydrogens (tertiary/aromatic N) is 6. The minimum absolute atomic E-state index is 0.00582. The average Bonchev–Trinajstić information content (AvgIpc) is 3.28. The molecule has 316 valence electrons. The Bertz CT molecular complexity index is 2500. The third-order valence-corrected chi connectivity index (χ3v) is 13.3. The van der Waals surface area contributed by atoms with Gasteiger partial charge in [-0.2, -0.15) is 5.10 Å². The Labute approximate surface area is 351 Å². The van der Waals surface area contributed by atoms with Gasteiger partial charge in [-0.25, -0.2) is 18.3 Å². The van der Waals surface area contributed by atoms with Gasteiger partial charge >= 0.3 is 0 Å². The number of H-pyrrole nitrogens is 1. The number of amides is 3. The van der Waals surface area contributed by atoms with Crippen LogP contribution in [0, 0.1) is 29.3 Å². The van der Waals surface area contributed by atoms with Crippen LogP contribution in [0.1, 0.15) is 51.2 Å². The van der Waals surface area contributed by atoms with E-state index >= 15 is 13.2 Å². The fraction of sp³-hybridized carbons (Fsp3) is 0.383. The first kappa shape index (κ1) is 40.5. The molecule has 1 aliphatic carbocycles. The summed E-state index contributed by atoms with van der Waals surface area (Å²) in [7, 11) is 0. The predicted molar refractivity (Wildman–Crippen MR) is 224 cm³/mol. The Kier molecular flexibility index (Phi) is 11.5. The van der Waals surface area contributed by atoms with Crippen molar-refractivity contribution in [3.05, 3.63) is 135 Å². The zero-order valence-corrected chi connectivity index (χ0v) is 33.9. The molecule has 4 aromatic carbocycles. The summed E-state index contributed by atoms with van der Waals surface area (Å²) in [5.74, 6) is -2.63. The molecule has 2 bridgehead atoms. The number of aromatic amines is 1. The Morgan fingerprint density at radius 3 is 2.07 bits per heavy atom. The van der Waals surface area contributed by atoms with Gasteiger partial charge in [0.15, 0.2) is 0 Å². The van der Waals surface area contributed by atoms with E-state index in [0.717, 1.165) is 52.0 Å². The molecule has 3 amide bonds. The monoisotopic (exact) mass is 831 g/mol. The number of nitrogens with one attached hydrogen (secondary N) is 1. The molecule has 0 unspecified atom stereocenters. The smallest absolute Gasteiger partial charge is 0.272 e. The Morgan fingerprint density at radius 2 is 1.36 bits per heavy atom. The first-order valence-corrected chi connectivity index (χ1v) is 21.2. The van der Waals surface area contributed by atoms with E-state index in [1.165, 1.54) is 18.2 Å². The summed E-state index contributed by atoms with van der Waals surface area (Å²) in [5.41, 5.74) is 1.58. The van der Waals surface area contributed by atoms with Gasteiger partial charge in [-0.15, -0.1) is 0 Å². The highest BCUT2D eigenvalue weighted by molar-refractivity contribution is 5.96. The van der Waals surface area contributed by atoms with E-state index in [1.54, 1.807) is 63.2 Å². The molecule has 5 fully saturated rings. The number of carbonyl (C=O) groups is 3. The van der Waals surface area contributed by atoms with Gasteiger partial charge in [0.25, 0.3) is 17.4 Å². The molecule has 5 heterocycles. The number of fused-ring (bicyclic) bond motifs is 4. The number of carbonyl (C=O) groups excluding carboxylic acids is 3. The second-order valence-electron chi connectivity index (χ2n) is 16.9. The Hall–Kier alpha value is -5.86. The number of aromatic nitrogens is 2. The Balaban J connectivity index is 0.730. The number of piperidine rings is 2. The van der Waals surface area contributed by atoms with Crippen molar-refractivity contribution in [2.75, 3.05) is 72.0 Å². The number of halogens is 3. The van der Waals surface area contributed by atoms with Crippen molar-refractivity contribution in [3.8, 4) is 11.1 Å². The second-order valence-corrected chi connectivity index (χ2v) is 16.9. The van der Waals surface area contributed by atoms with Crippen molar-refractivity contribution in [2.45, 2.75) is 31.7 Å². The SMILES string of the molecule is O=C(CN1CCN(C[C@@H]2C[C@H]3CC[C@@H]2CN3C(=O)c2c(F)cc(-c3ccccc3)cc2F)CC1)N1CCN(C(=O)c2cc(Cc3n[nH]c(=O)c4ccccc34)ccc2F)CC1. The molecule has 4 saturated heterocycles. The third-order valence-electron chi connectivity index (χ3n) is 13.3. The topological polar surface area (TPSA) is 113 Å². The number of rotatable bonds is 9. The van der Waals surface area contributed by atoms with Gasteiger partial charge in [0.2, 0.25) is 5.91 Å². The average molecular weight is 832 g/mol. The molecule has 0 radical (unpaired) electrons. The van der Waals surface area contributed by atoms with Gasteiger partial charge in [0.05, 0.1) is 23.2 Å². The van der Waals surface area contributed by atoms with E-state index in [9.17, 15) is 19.2 Å². The first-order valence-electron chi connectivity index (χ1n) is 21.2. The third kappa shape index (κ3) is 8.43. The maximum absolute atomic E-state index is 15.3. The van der Waals surface area contributed by atoms with Crippen LogP contribution in [-0.4, -0.2) is 130 Å². The molecule has 0 spiro atoms. The molecule has 4 aliphatic heterocycles. The number of hydrogen-bond donors (Lipinski definition) is 1. The lowest BCUT2D eigenvalue weighted by atomic mass is 9.71. The molecule has 61 heavy (non-hydrogen) atoms. The zero-order chi connectivity index (χ0) is 42.2. The molecule has 1 saturated carbocycles. The number of hydrogen-bond acceptors (Lipinski definition) is 7. The van der Waals surface area contributed by atoms with E-state index in [1.807, 2.05) is 18.2 Å². The number of piperazine rings is 2. The van der Waals surface area contributed by atoms with Crippen molar-refractivity contribution >= 4 is 28.5 Å². The number of benzene rings is 4. The van der Waals surface area contributed by atoms with Gasteiger partial charge in [-0.05, 0) is 78.1 Å². The summed E-state index contributed by atoms with van der Waals surface area (Å²) in [6.45, 7) is 6.11. The van der Waals surface area contributed by atoms with Crippen molar-refractivity contribution < 1.29 is 27.6 Å². The molecule has 5 aromatic rings. The van der Waals surface area contributed by atoms with E-state index in [4.69, 9.17) is 0 Å². The van der Waals surface area contributed by atoms with Gasteiger partial charge < -0.3 is 19.6 Å². The van der Waals surface area contributed by atoms with Crippen LogP contribution in [0.3, 0.4) is 0 Å². The van der Waals surface area contributed by atoms with Crippen molar-refractivity contribution in [2.24, 2.45) is 11.8 Å². The van der Waals surface area contributed by atoms with Gasteiger partial charge in [-0.3, -0.25) is 24.1 Å². The Morgan fingerprint density at radius 1 is 0.689 bits per heavy atom. The van der Waals surface area contributed by atoms with E-state index in [2.05, 4.69) is 20.0 Å². The van der Waals surface area contributed by atoms with E-state index < -0.39 is 34.8 Å². The van der Waals surface area contributed by atoms with Crippen molar-refractivity contribution in [3.63, 3.8) is 0 Å². The van der Waals surface area contributed by atoms with Crippen LogP contribution in [-0.2, 0) is 11.2 Å². The molecule has 5 aliphatic rings. The molecule has 14 heteroatoms. The highest BCUT2D eigenvalue weighted by Crippen LogP contribution is 2.41.